The van der Waals surface area contributed by atoms with Gasteiger partial charge in [0.2, 0.25) is 0 Å². The van der Waals surface area contributed by atoms with E-state index in [4.69, 9.17) is 16.3 Å². The van der Waals surface area contributed by atoms with Crippen molar-refractivity contribution in [2.24, 2.45) is 0 Å². The molecule has 0 spiro atoms. The zero-order chi connectivity index (χ0) is 10.4. The summed E-state index contributed by atoms with van der Waals surface area (Å²) >= 11 is 5.73. The molecule has 0 saturated heterocycles. The van der Waals surface area contributed by atoms with E-state index in [-0.39, 0.29) is 12.5 Å². The predicted molar refractivity (Wildman–Crippen MR) is 54.1 cm³/mol. The van der Waals surface area contributed by atoms with Crippen molar-refractivity contribution in [3.05, 3.63) is 29.3 Å². The Morgan fingerprint density at radius 2 is 2.36 bits per heavy atom. The number of halogens is 1. The number of rotatable bonds is 4. The van der Waals surface area contributed by atoms with E-state index >= 15 is 0 Å². The molecule has 0 aliphatic heterocycles. The fourth-order valence-electron chi connectivity index (χ4n) is 0.881. The molecule has 0 heterocycles. The summed E-state index contributed by atoms with van der Waals surface area (Å²) in [5.41, 5.74) is 4.89. The van der Waals surface area contributed by atoms with Crippen LogP contribution in [-0.4, -0.2) is 19.6 Å². The van der Waals surface area contributed by atoms with Gasteiger partial charge >= 0.3 is 0 Å². The minimum Gasteiger partial charge on any atom is -0.484 e. The van der Waals surface area contributed by atoms with Crippen LogP contribution in [0.15, 0.2) is 24.3 Å². The maximum atomic E-state index is 11.0. The molecule has 0 saturated carbocycles. The summed E-state index contributed by atoms with van der Waals surface area (Å²) < 4.78 is 5.16. The molecule has 4 nitrogen and oxygen atoms in total. The highest BCUT2D eigenvalue weighted by molar-refractivity contribution is 6.30. The van der Waals surface area contributed by atoms with Gasteiger partial charge in [-0.2, -0.15) is 0 Å². The lowest BCUT2D eigenvalue weighted by Crippen LogP contribution is -2.37. The van der Waals surface area contributed by atoms with Crippen molar-refractivity contribution in [3.63, 3.8) is 0 Å². The lowest BCUT2D eigenvalue weighted by Gasteiger charge is -2.06. The second-order valence-electron chi connectivity index (χ2n) is 2.54. The topological polar surface area (TPSA) is 50.4 Å². The van der Waals surface area contributed by atoms with Crippen LogP contribution in [0.2, 0.25) is 5.02 Å². The fourth-order valence-corrected chi connectivity index (χ4v) is 1.06. The molecule has 1 aromatic carbocycles. The maximum Gasteiger partial charge on any atom is 0.271 e. The van der Waals surface area contributed by atoms with E-state index in [2.05, 4.69) is 10.9 Å². The minimum absolute atomic E-state index is 0.0405. The van der Waals surface area contributed by atoms with Crippen LogP contribution in [0.5, 0.6) is 5.75 Å². The first kappa shape index (κ1) is 10.8. The average molecular weight is 215 g/mol. The molecular weight excluding hydrogens is 204 g/mol. The van der Waals surface area contributed by atoms with Crippen molar-refractivity contribution >= 4 is 17.5 Å². The summed E-state index contributed by atoms with van der Waals surface area (Å²) in [6, 6.07) is 6.88. The predicted octanol–water partition coefficient (Wildman–Crippen LogP) is 0.969. The van der Waals surface area contributed by atoms with Gasteiger partial charge in [-0.15, -0.1) is 0 Å². The molecule has 1 aromatic rings. The van der Waals surface area contributed by atoms with Crippen LogP contribution in [-0.2, 0) is 4.79 Å². The Hall–Kier alpha value is -1.26. The number of hydrazine groups is 1. The van der Waals surface area contributed by atoms with Crippen LogP contribution in [0.4, 0.5) is 0 Å². The molecule has 0 unspecified atom stereocenters. The molecule has 0 radical (unpaired) electrons. The molecule has 14 heavy (non-hydrogen) atoms. The van der Waals surface area contributed by atoms with Crippen molar-refractivity contribution in [1.82, 2.24) is 10.9 Å². The monoisotopic (exact) mass is 214 g/mol. The van der Waals surface area contributed by atoms with Gasteiger partial charge in [-0.1, -0.05) is 17.7 Å². The molecule has 0 fully saturated rings. The highest BCUT2D eigenvalue weighted by Gasteiger charge is 2.00. The van der Waals surface area contributed by atoms with E-state index in [1.165, 1.54) is 0 Å². The number of carbonyl (C=O) groups is 1. The number of amides is 1. The Bertz CT molecular complexity index is 317. The normalized spacial score (nSPS) is 9.57. The summed E-state index contributed by atoms with van der Waals surface area (Å²) in [6.07, 6.45) is 0. The van der Waals surface area contributed by atoms with Gasteiger partial charge in [-0.3, -0.25) is 10.2 Å². The second-order valence-corrected chi connectivity index (χ2v) is 2.98. The Morgan fingerprint density at radius 1 is 1.57 bits per heavy atom. The molecule has 76 valence electrons. The quantitative estimate of drug-likeness (QED) is 0.735. The van der Waals surface area contributed by atoms with Crippen molar-refractivity contribution < 1.29 is 9.53 Å². The van der Waals surface area contributed by atoms with E-state index in [0.29, 0.717) is 10.8 Å². The first-order valence-corrected chi connectivity index (χ1v) is 4.44. The van der Waals surface area contributed by atoms with Gasteiger partial charge in [0.05, 0.1) is 0 Å². The Morgan fingerprint density at radius 3 is 3.00 bits per heavy atom. The maximum absolute atomic E-state index is 11.0. The van der Waals surface area contributed by atoms with Crippen LogP contribution in [0, 0.1) is 0 Å². The lowest BCUT2D eigenvalue weighted by atomic mass is 10.3. The summed E-state index contributed by atoms with van der Waals surface area (Å²) in [5, 5.41) is 0.580. The summed E-state index contributed by atoms with van der Waals surface area (Å²) in [6.45, 7) is -0.0405. The number of carbonyl (C=O) groups excluding carboxylic acids is 1. The highest BCUT2D eigenvalue weighted by atomic mass is 35.5. The third-order valence-electron chi connectivity index (χ3n) is 1.43. The first-order chi connectivity index (χ1) is 6.72. The molecule has 0 atom stereocenters. The Balaban J connectivity index is 2.41. The van der Waals surface area contributed by atoms with Gasteiger partial charge in [-0.05, 0) is 18.2 Å². The van der Waals surface area contributed by atoms with Crippen LogP contribution in [0.25, 0.3) is 0 Å². The molecule has 1 rings (SSSR count). The van der Waals surface area contributed by atoms with E-state index < -0.39 is 0 Å². The van der Waals surface area contributed by atoms with Crippen LogP contribution in [0.3, 0.4) is 0 Å². The molecule has 0 aliphatic rings. The number of hydrogen-bond acceptors (Lipinski definition) is 3. The van der Waals surface area contributed by atoms with E-state index in [0.717, 1.165) is 0 Å². The minimum atomic E-state index is -0.243. The molecular formula is C9H11ClN2O2. The highest BCUT2D eigenvalue weighted by Crippen LogP contribution is 2.16. The van der Waals surface area contributed by atoms with Gasteiger partial charge in [0.15, 0.2) is 6.61 Å². The zero-order valence-corrected chi connectivity index (χ0v) is 8.47. The van der Waals surface area contributed by atoms with Crippen LogP contribution < -0.4 is 15.6 Å². The van der Waals surface area contributed by atoms with Crippen molar-refractivity contribution in [1.29, 1.82) is 0 Å². The largest absolute Gasteiger partial charge is 0.484 e. The van der Waals surface area contributed by atoms with E-state index in [1.807, 2.05) is 0 Å². The Kier molecular flexibility index (Phi) is 4.22. The second kappa shape index (κ2) is 5.47. The number of benzene rings is 1. The third-order valence-corrected chi connectivity index (χ3v) is 1.67. The summed E-state index contributed by atoms with van der Waals surface area (Å²) in [7, 11) is 1.61. The van der Waals surface area contributed by atoms with Gasteiger partial charge in [0.1, 0.15) is 5.75 Å². The smallest absolute Gasteiger partial charge is 0.271 e. The van der Waals surface area contributed by atoms with Crippen molar-refractivity contribution in [2.75, 3.05) is 13.7 Å². The number of ether oxygens (including phenoxy) is 1. The van der Waals surface area contributed by atoms with Gasteiger partial charge in [0.25, 0.3) is 5.91 Å². The molecule has 1 amide bonds. The lowest BCUT2D eigenvalue weighted by molar-refractivity contribution is -0.123. The molecule has 0 aliphatic carbocycles. The number of hydrogen-bond donors (Lipinski definition) is 2. The molecule has 0 aromatic heterocycles. The van der Waals surface area contributed by atoms with Crippen LogP contribution in [0.1, 0.15) is 0 Å². The SMILES string of the molecule is CNNC(=O)COc1cccc(Cl)c1. The van der Waals surface area contributed by atoms with Gasteiger partial charge in [0, 0.05) is 12.1 Å². The third kappa shape index (κ3) is 3.64. The zero-order valence-electron chi connectivity index (χ0n) is 7.71. The van der Waals surface area contributed by atoms with Crippen molar-refractivity contribution in [2.45, 2.75) is 0 Å². The average Bonchev–Trinajstić information content (AvgIpc) is 2.15. The number of nitrogens with one attached hydrogen (secondary N) is 2. The van der Waals surface area contributed by atoms with Gasteiger partial charge < -0.3 is 4.74 Å². The summed E-state index contributed by atoms with van der Waals surface area (Å²) in [4.78, 5) is 11.0. The standard InChI is InChI=1S/C9H11ClN2O2/c1-11-12-9(13)6-14-8-4-2-3-7(10)5-8/h2-5,11H,6H2,1H3,(H,12,13). The van der Waals surface area contributed by atoms with E-state index in [9.17, 15) is 4.79 Å². The van der Waals surface area contributed by atoms with Crippen LogP contribution >= 0.6 is 11.6 Å². The van der Waals surface area contributed by atoms with Crippen molar-refractivity contribution in [3.8, 4) is 5.75 Å². The molecule has 2 N–H and O–H groups in total. The Labute approximate surface area is 87.2 Å². The molecule has 5 heteroatoms. The first-order valence-electron chi connectivity index (χ1n) is 4.06. The molecule has 0 bridgehead atoms. The van der Waals surface area contributed by atoms with Gasteiger partial charge in [-0.25, -0.2) is 5.43 Å². The fraction of sp³-hybridized carbons (Fsp3) is 0.222. The van der Waals surface area contributed by atoms with E-state index in [1.54, 1.807) is 31.3 Å². The summed E-state index contributed by atoms with van der Waals surface area (Å²) in [5.74, 6) is 0.330.